The third-order valence-electron chi connectivity index (χ3n) is 6.06. The lowest BCUT2D eigenvalue weighted by molar-refractivity contribution is 0.146. The molecule has 0 unspecified atom stereocenters. The fraction of sp³-hybridized carbons (Fsp3) is 0.308. The zero-order chi connectivity index (χ0) is 21.6. The molecule has 3 nitrogen and oxygen atoms in total. The molecule has 2 atom stereocenters. The highest BCUT2D eigenvalue weighted by Gasteiger charge is 2.28. The number of rotatable bonds is 8. The molecule has 1 aliphatic heterocycles. The SMILES string of the molecule is OC[C@@H]1CCCN1C[C@H](NC(c1cccc(F)c1)c1cccc(F)c1)c1ccccc1. The van der Waals surface area contributed by atoms with Crippen molar-refractivity contribution in [1.82, 2.24) is 10.2 Å². The minimum atomic E-state index is -0.383. The first-order chi connectivity index (χ1) is 15.1. The van der Waals surface area contributed by atoms with Crippen molar-refractivity contribution in [3.8, 4) is 0 Å². The van der Waals surface area contributed by atoms with Crippen LogP contribution in [0.1, 0.15) is 41.6 Å². The molecule has 1 heterocycles. The van der Waals surface area contributed by atoms with E-state index in [1.54, 1.807) is 12.1 Å². The van der Waals surface area contributed by atoms with Crippen LogP contribution in [0.25, 0.3) is 0 Å². The Hall–Kier alpha value is -2.60. The second-order valence-electron chi connectivity index (χ2n) is 8.15. The molecule has 1 aliphatic rings. The third-order valence-corrected chi connectivity index (χ3v) is 6.06. The van der Waals surface area contributed by atoms with Gasteiger partial charge in [0.2, 0.25) is 0 Å². The van der Waals surface area contributed by atoms with Gasteiger partial charge >= 0.3 is 0 Å². The van der Waals surface area contributed by atoms with Crippen LogP contribution >= 0.6 is 0 Å². The van der Waals surface area contributed by atoms with Gasteiger partial charge in [0.05, 0.1) is 12.6 Å². The highest BCUT2D eigenvalue weighted by molar-refractivity contribution is 5.33. The van der Waals surface area contributed by atoms with Crippen molar-refractivity contribution in [3.05, 3.63) is 107 Å². The summed E-state index contributed by atoms with van der Waals surface area (Å²) in [4.78, 5) is 2.30. The molecule has 0 amide bonds. The van der Waals surface area contributed by atoms with Crippen LogP contribution in [0.3, 0.4) is 0 Å². The molecule has 2 N–H and O–H groups in total. The molecule has 4 rings (SSSR count). The maximum absolute atomic E-state index is 14.1. The molecule has 5 heteroatoms. The summed E-state index contributed by atoms with van der Waals surface area (Å²) in [6.45, 7) is 1.77. The average Bonchev–Trinajstić information content (AvgIpc) is 3.24. The number of benzene rings is 3. The van der Waals surface area contributed by atoms with Gasteiger partial charge in [-0.1, -0.05) is 54.6 Å². The quantitative estimate of drug-likeness (QED) is 0.545. The van der Waals surface area contributed by atoms with E-state index < -0.39 is 0 Å². The minimum Gasteiger partial charge on any atom is -0.395 e. The van der Waals surface area contributed by atoms with Crippen molar-refractivity contribution in [2.45, 2.75) is 31.0 Å². The molecule has 31 heavy (non-hydrogen) atoms. The van der Waals surface area contributed by atoms with Gasteiger partial charge in [0, 0.05) is 18.6 Å². The molecule has 3 aromatic rings. The molecular formula is C26H28F2N2O. The summed E-state index contributed by atoms with van der Waals surface area (Å²) in [5, 5.41) is 13.4. The Morgan fingerprint density at radius 2 is 1.48 bits per heavy atom. The van der Waals surface area contributed by atoms with E-state index in [0.29, 0.717) is 6.54 Å². The van der Waals surface area contributed by atoms with Gasteiger partial charge in [-0.25, -0.2) is 8.78 Å². The Labute approximate surface area is 182 Å². The molecule has 162 valence electrons. The zero-order valence-corrected chi connectivity index (χ0v) is 17.4. The number of hydrogen-bond acceptors (Lipinski definition) is 3. The van der Waals surface area contributed by atoms with Gasteiger partial charge < -0.3 is 5.11 Å². The van der Waals surface area contributed by atoms with Crippen molar-refractivity contribution in [1.29, 1.82) is 0 Å². The van der Waals surface area contributed by atoms with Gasteiger partial charge in [0.25, 0.3) is 0 Å². The normalized spacial score (nSPS) is 17.9. The summed E-state index contributed by atoms with van der Waals surface area (Å²) in [6, 6.07) is 22.7. The standard InChI is InChI=1S/C26H28F2N2O/c27-22-11-4-9-20(15-22)26(21-10-5-12-23(28)16-21)29-25(19-7-2-1-3-8-19)17-30-14-6-13-24(30)18-31/h1-5,7-12,15-16,24-26,29,31H,6,13-14,17-18H2/t24-,25-/m0/s1. The van der Waals surface area contributed by atoms with Crippen LogP contribution in [0, 0.1) is 11.6 Å². The van der Waals surface area contributed by atoms with Gasteiger partial charge in [-0.15, -0.1) is 0 Å². The number of halogens is 2. The maximum atomic E-state index is 14.1. The van der Waals surface area contributed by atoms with Crippen LogP contribution in [0.5, 0.6) is 0 Å². The highest BCUT2D eigenvalue weighted by atomic mass is 19.1. The molecule has 0 bridgehead atoms. The Bertz CT molecular complexity index is 936. The van der Waals surface area contributed by atoms with Crippen molar-refractivity contribution < 1.29 is 13.9 Å². The molecule has 0 radical (unpaired) electrons. The largest absolute Gasteiger partial charge is 0.395 e. The molecule has 3 aromatic carbocycles. The predicted molar refractivity (Wildman–Crippen MR) is 119 cm³/mol. The van der Waals surface area contributed by atoms with Crippen molar-refractivity contribution in [2.24, 2.45) is 0 Å². The summed E-state index contributed by atoms with van der Waals surface area (Å²) in [6.07, 6.45) is 2.04. The second-order valence-corrected chi connectivity index (χ2v) is 8.15. The number of nitrogens with zero attached hydrogens (tertiary/aromatic N) is 1. The summed E-state index contributed by atoms with van der Waals surface area (Å²) >= 11 is 0. The minimum absolute atomic E-state index is 0.0788. The average molecular weight is 423 g/mol. The van der Waals surface area contributed by atoms with Gasteiger partial charge in [-0.2, -0.15) is 0 Å². The van der Waals surface area contributed by atoms with Gasteiger partial charge in [-0.3, -0.25) is 10.2 Å². The number of aliphatic hydroxyl groups excluding tert-OH is 1. The Morgan fingerprint density at radius 1 is 0.871 bits per heavy atom. The van der Waals surface area contributed by atoms with E-state index in [0.717, 1.165) is 36.1 Å². The Morgan fingerprint density at radius 3 is 2.06 bits per heavy atom. The highest BCUT2D eigenvalue weighted by Crippen LogP contribution is 2.29. The van der Waals surface area contributed by atoms with Crippen LogP contribution in [-0.4, -0.2) is 35.7 Å². The fourth-order valence-electron chi connectivity index (χ4n) is 4.47. The van der Waals surface area contributed by atoms with E-state index >= 15 is 0 Å². The summed E-state index contributed by atoms with van der Waals surface area (Å²) in [5.74, 6) is -0.645. The van der Waals surface area contributed by atoms with Crippen LogP contribution in [0.15, 0.2) is 78.9 Å². The number of aliphatic hydroxyl groups is 1. The van der Waals surface area contributed by atoms with E-state index in [4.69, 9.17) is 0 Å². The van der Waals surface area contributed by atoms with E-state index in [2.05, 4.69) is 22.3 Å². The molecular weight excluding hydrogens is 394 g/mol. The van der Waals surface area contributed by atoms with Crippen LogP contribution in [0.2, 0.25) is 0 Å². The first-order valence-corrected chi connectivity index (χ1v) is 10.8. The van der Waals surface area contributed by atoms with Crippen molar-refractivity contribution in [3.63, 3.8) is 0 Å². The van der Waals surface area contributed by atoms with Crippen LogP contribution < -0.4 is 5.32 Å². The first kappa shape index (κ1) is 21.6. The third kappa shape index (κ3) is 5.37. The topological polar surface area (TPSA) is 35.5 Å². The van der Waals surface area contributed by atoms with E-state index in [9.17, 15) is 13.9 Å². The lowest BCUT2D eigenvalue weighted by Gasteiger charge is -2.32. The van der Waals surface area contributed by atoms with Crippen LogP contribution in [0.4, 0.5) is 8.78 Å². The monoisotopic (exact) mass is 422 g/mol. The fourth-order valence-corrected chi connectivity index (χ4v) is 4.47. The maximum Gasteiger partial charge on any atom is 0.123 e. The lowest BCUT2D eigenvalue weighted by Crippen LogP contribution is -2.40. The van der Waals surface area contributed by atoms with Crippen molar-refractivity contribution in [2.75, 3.05) is 19.7 Å². The summed E-state index contributed by atoms with van der Waals surface area (Å²) < 4.78 is 28.1. The Kier molecular flexibility index (Phi) is 7.07. The van der Waals surface area contributed by atoms with E-state index in [1.807, 2.05) is 30.3 Å². The molecule has 1 fully saturated rings. The van der Waals surface area contributed by atoms with Crippen LogP contribution in [-0.2, 0) is 0 Å². The molecule has 0 aromatic heterocycles. The number of likely N-dealkylation sites (tertiary alicyclic amines) is 1. The lowest BCUT2D eigenvalue weighted by atomic mass is 9.95. The van der Waals surface area contributed by atoms with Gasteiger partial charge in [0.15, 0.2) is 0 Å². The second kappa shape index (κ2) is 10.1. The van der Waals surface area contributed by atoms with E-state index in [-0.39, 0.29) is 36.4 Å². The zero-order valence-electron chi connectivity index (χ0n) is 17.4. The molecule has 0 saturated carbocycles. The molecule has 0 aliphatic carbocycles. The molecule has 0 spiro atoms. The molecule has 1 saturated heterocycles. The predicted octanol–water partition coefficient (Wildman–Crippen LogP) is 4.84. The van der Waals surface area contributed by atoms with Gasteiger partial charge in [-0.05, 0) is 60.3 Å². The number of hydrogen-bond donors (Lipinski definition) is 2. The number of nitrogens with one attached hydrogen (secondary N) is 1. The summed E-state index contributed by atoms with van der Waals surface area (Å²) in [7, 11) is 0. The van der Waals surface area contributed by atoms with E-state index in [1.165, 1.54) is 24.3 Å². The summed E-state index contributed by atoms with van der Waals surface area (Å²) in [5.41, 5.74) is 2.59. The Balaban J connectivity index is 1.69. The van der Waals surface area contributed by atoms with Gasteiger partial charge in [0.1, 0.15) is 11.6 Å². The van der Waals surface area contributed by atoms with Crippen molar-refractivity contribution >= 4 is 0 Å². The smallest absolute Gasteiger partial charge is 0.123 e. The first-order valence-electron chi connectivity index (χ1n) is 10.8.